The maximum atomic E-state index is 15.6. The van der Waals surface area contributed by atoms with Gasteiger partial charge in [-0.1, -0.05) is 60.8 Å². The molecule has 3 N–H and O–H groups in total. The number of H-pyrrole nitrogens is 1. The number of anilines is 1. The third-order valence-electron chi connectivity index (χ3n) is 16.3. The molecule has 2 saturated heterocycles. The summed E-state index contributed by atoms with van der Waals surface area (Å²) in [6, 6.07) is 7.60. The number of methoxy groups -OCH3 is 3. The van der Waals surface area contributed by atoms with E-state index < -0.39 is 73.9 Å². The zero-order valence-corrected chi connectivity index (χ0v) is 41.1. The Morgan fingerprint density at radius 1 is 0.940 bits per heavy atom. The first-order chi connectivity index (χ1) is 31.7. The SMILES string of the molecule is CC[C@]1(O)C[C@H]2CN(CCc3c([nH]c4ccc(C(=O)OCC(Cl)(Cl)Cl)cc34)[C@@](C(=O)OC)(c3cc4c(cc3OC)N(C)C3[C@]45CCN4CC=C[C@@](CC)([C@@H](OC(C)=O)[C@]3(O)C(=O)OC)[C@H]45)C2)C1. The molecule has 0 amide bonds. The summed E-state index contributed by atoms with van der Waals surface area (Å²) in [5, 5.41) is 26.2. The Hall–Kier alpha value is -4.09. The van der Waals surface area contributed by atoms with Crippen molar-refractivity contribution in [1.82, 2.24) is 14.8 Å². The molecule has 362 valence electrons. The highest BCUT2D eigenvalue weighted by molar-refractivity contribution is 6.67. The van der Waals surface area contributed by atoms with E-state index in [2.05, 4.69) is 14.8 Å². The van der Waals surface area contributed by atoms with Gasteiger partial charge in [0.05, 0.1) is 38.5 Å². The fourth-order valence-corrected chi connectivity index (χ4v) is 14.1. The Morgan fingerprint density at radius 3 is 2.34 bits per heavy atom. The number of likely N-dealkylation sites (N-methyl/N-ethyl adjacent to an activating group) is 1. The lowest BCUT2D eigenvalue weighted by Gasteiger charge is -2.63. The molecule has 3 aromatic rings. The number of halogens is 3. The molecular formula is C49H59Cl3N4O11. The molecule has 1 aliphatic carbocycles. The van der Waals surface area contributed by atoms with Crippen LogP contribution in [0.2, 0.25) is 0 Å². The Kier molecular flexibility index (Phi) is 12.0. The second kappa shape index (κ2) is 16.8. The number of aromatic amines is 1. The van der Waals surface area contributed by atoms with Gasteiger partial charge < -0.3 is 43.8 Å². The molecule has 18 heteroatoms. The van der Waals surface area contributed by atoms with Crippen LogP contribution in [0, 0.1) is 11.3 Å². The highest BCUT2D eigenvalue weighted by Gasteiger charge is 2.80. The lowest BCUT2D eigenvalue weighted by atomic mass is 9.47. The monoisotopic (exact) mass is 984 g/mol. The van der Waals surface area contributed by atoms with Crippen LogP contribution in [0.3, 0.4) is 0 Å². The second-order valence-electron chi connectivity index (χ2n) is 19.6. The molecular weight excluding hydrogens is 927 g/mol. The van der Waals surface area contributed by atoms with Crippen LogP contribution in [0.25, 0.3) is 10.9 Å². The number of nitrogens with zero attached hydrogens (tertiary/aromatic N) is 3. The number of carbonyl (C=O) groups is 4. The molecule has 10 atom stereocenters. The van der Waals surface area contributed by atoms with Crippen molar-refractivity contribution < 1.29 is 53.1 Å². The van der Waals surface area contributed by atoms with E-state index in [4.69, 9.17) is 58.5 Å². The number of nitrogens with one attached hydrogen (secondary N) is 1. The first-order valence-corrected chi connectivity index (χ1v) is 24.1. The molecule has 2 bridgehead atoms. The number of carbonyl (C=O) groups excluding carboxylic acids is 4. The first-order valence-electron chi connectivity index (χ1n) is 23.0. The van der Waals surface area contributed by atoms with Crippen LogP contribution in [0.4, 0.5) is 5.69 Å². The number of piperidine rings is 1. The van der Waals surface area contributed by atoms with Crippen molar-refractivity contribution in [2.24, 2.45) is 11.3 Å². The summed E-state index contributed by atoms with van der Waals surface area (Å²) in [5.74, 6) is -2.71. The van der Waals surface area contributed by atoms with Gasteiger partial charge in [0.1, 0.15) is 17.8 Å². The molecule has 0 radical (unpaired) electrons. The van der Waals surface area contributed by atoms with Crippen LogP contribution in [0.5, 0.6) is 5.75 Å². The molecule has 3 fully saturated rings. The smallest absolute Gasteiger partial charge is 0.344 e. The van der Waals surface area contributed by atoms with Gasteiger partial charge >= 0.3 is 23.9 Å². The van der Waals surface area contributed by atoms with Crippen LogP contribution in [-0.2, 0) is 50.6 Å². The van der Waals surface area contributed by atoms with Gasteiger partial charge in [-0.25, -0.2) is 9.59 Å². The first kappa shape index (κ1) is 48.0. The average molecular weight is 986 g/mol. The summed E-state index contributed by atoms with van der Waals surface area (Å²) < 4.78 is 27.5. The molecule has 9 rings (SSSR count). The van der Waals surface area contributed by atoms with Gasteiger partial charge in [-0.05, 0) is 86.4 Å². The molecule has 15 nitrogen and oxygen atoms in total. The number of benzene rings is 2. The number of aliphatic hydroxyl groups is 2. The van der Waals surface area contributed by atoms with E-state index in [1.54, 1.807) is 18.2 Å². The minimum atomic E-state index is -2.37. The predicted octanol–water partition coefficient (Wildman–Crippen LogP) is 5.52. The number of rotatable bonds is 9. The molecule has 1 saturated carbocycles. The van der Waals surface area contributed by atoms with E-state index in [1.807, 2.05) is 50.1 Å². The number of ether oxygens (including phenoxy) is 5. The maximum Gasteiger partial charge on any atom is 0.344 e. The minimum absolute atomic E-state index is 0.190. The van der Waals surface area contributed by atoms with Crippen molar-refractivity contribution in [1.29, 1.82) is 0 Å². The Bertz CT molecular complexity index is 2570. The summed E-state index contributed by atoms with van der Waals surface area (Å²) in [4.78, 5) is 66.8. The van der Waals surface area contributed by atoms with Crippen LogP contribution in [0.1, 0.15) is 85.6 Å². The lowest BCUT2D eigenvalue weighted by Crippen LogP contribution is -2.81. The molecule has 6 heterocycles. The summed E-state index contributed by atoms with van der Waals surface area (Å²) >= 11 is 17.8. The summed E-state index contributed by atoms with van der Waals surface area (Å²) in [6.45, 7) is 7.52. The van der Waals surface area contributed by atoms with Gasteiger partial charge in [-0.2, -0.15) is 0 Å². The summed E-state index contributed by atoms with van der Waals surface area (Å²) in [6.07, 6.45) is 5.14. The third-order valence-corrected chi connectivity index (χ3v) is 16.6. The normalized spacial score (nSPS) is 34.1. The van der Waals surface area contributed by atoms with Crippen LogP contribution in [-0.4, -0.2) is 150 Å². The number of alkyl halides is 3. The Balaban J connectivity index is 1.34. The number of aromatic nitrogens is 1. The van der Waals surface area contributed by atoms with Crippen LogP contribution < -0.4 is 9.64 Å². The van der Waals surface area contributed by atoms with E-state index >= 15 is 4.79 Å². The van der Waals surface area contributed by atoms with E-state index in [0.717, 1.165) is 11.1 Å². The van der Waals surface area contributed by atoms with Gasteiger partial charge in [0.15, 0.2) is 6.10 Å². The zero-order valence-electron chi connectivity index (χ0n) is 38.9. The van der Waals surface area contributed by atoms with Crippen molar-refractivity contribution in [3.63, 3.8) is 0 Å². The van der Waals surface area contributed by atoms with Gasteiger partial charge in [-0.15, -0.1) is 0 Å². The Morgan fingerprint density at radius 2 is 1.69 bits per heavy atom. The van der Waals surface area contributed by atoms with Crippen molar-refractivity contribution >= 4 is 75.3 Å². The maximum absolute atomic E-state index is 15.6. The number of fused-ring (bicyclic) bond motifs is 6. The largest absolute Gasteiger partial charge is 0.496 e. The van der Waals surface area contributed by atoms with Crippen molar-refractivity contribution in [2.75, 3.05) is 72.6 Å². The molecule has 1 aromatic heterocycles. The zero-order chi connectivity index (χ0) is 48.2. The summed E-state index contributed by atoms with van der Waals surface area (Å²) in [7, 11) is 5.94. The van der Waals surface area contributed by atoms with Crippen molar-refractivity contribution in [3.8, 4) is 5.75 Å². The second-order valence-corrected chi connectivity index (χ2v) is 22.1. The van der Waals surface area contributed by atoms with E-state index in [0.29, 0.717) is 98.4 Å². The number of hydrogen-bond acceptors (Lipinski definition) is 14. The summed E-state index contributed by atoms with van der Waals surface area (Å²) in [5.41, 5.74) is -2.97. The highest BCUT2D eigenvalue weighted by Crippen LogP contribution is 2.68. The van der Waals surface area contributed by atoms with E-state index in [-0.39, 0.29) is 23.9 Å². The molecule has 5 aliphatic heterocycles. The topological polar surface area (TPSA) is 180 Å². The standard InChI is InChI=1S/C49H59Cl3N4O11/c1-8-44(61)22-28-23-47(42(59)64-6,37-30(13-17-55(24-28)25-44)31-19-29(11-12-34(31)53-37)38(58)66-26-48(50,51)52)33-20-32-35(21-36(33)63-5)54(4)40-46(32)15-18-56-16-10-14-45(9-2,39(46)56)41(67-27(3)57)49(40,62)43(60)65-7/h10-12,14,19-21,28,39-41,53,61-62H,8-9,13,15-18,22-26H2,1-7H3/t28-,39+,40?,41-,44+,45-,46-,47+,49+/m1/s1. The fraction of sp³-hybridized carbons (Fsp3) is 0.592. The quantitative estimate of drug-likeness (QED) is 0.106. The van der Waals surface area contributed by atoms with E-state index in [1.165, 1.54) is 28.3 Å². The van der Waals surface area contributed by atoms with Crippen molar-refractivity contribution in [3.05, 3.63) is 70.4 Å². The van der Waals surface area contributed by atoms with Crippen molar-refractivity contribution in [2.45, 2.75) is 103 Å². The number of esters is 4. The molecule has 67 heavy (non-hydrogen) atoms. The molecule has 6 aliphatic rings. The Labute approximate surface area is 404 Å². The van der Waals surface area contributed by atoms with Crippen LogP contribution >= 0.6 is 34.8 Å². The minimum Gasteiger partial charge on any atom is -0.496 e. The number of hydrogen-bond donors (Lipinski definition) is 3. The van der Waals surface area contributed by atoms with Crippen LogP contribution in [0.15, 0.2) is 42.5 Å². The fourth-order valence-electron chi connectivity index (χ4n) is 13.9. The van der Waals surface area contributed by atoms with Gasteiger partial charge in [-0.3, -0.25) is 19.4 Å². The average Bonchev–Trinajstić information content (AvgIpc) is 3.96. The molecule has 2 unspecified atom stereocenters. The van der Waals surface area contributed by atoms with Gasteiger partial charge in [0, 0.05) is 90.9 Å². The predicted molar refractivity (Wildman–Crippen MR) is 251 cm³/mol. The van der Waals surface area contributed by atoms with Gasteiger partial charge in [0.2, 0.25) is 9.39 Å². The van der Waals surface area contributed by atoms with Gasteiger partial charge in [0.25, 0.3) is 0 Å². The third kappa shape index (κ3) is 7.02. The lowest BCUT2D eigenvalue weighted by molar-refractivity contribution is -0.228. The van der Waals surface area contributed by atoms with E-state index in [9.17, 15) is 24.6 Å². The highest BCUT2D eigenvalue weighted by atomic mass is 35.6. The molecule has 1 spiro atoms. The molecule has 2 aromatic carbocycles.